The van der Waals surface area contributed by atoms with Gasteiger partial charge >= 0.3 is 44.1 Å². The Morgan fingerprint density at radius 3 is 2.04 bits per heavy atom. The number of halogens is 5. The van der Waals surface area contributed by atoms with Crippen molar-refractivity contribution < 1.29 is 39.1 Å². The second-order valence-electron chi connectivity index (χ2n) is 7.15. The van der Waals surface area contributed by atoms with E-state index in [1.54, 1.807) is 19.1 Å². The molecular formula is C19H22Cl2F3OPZr. The summed E-state index contributed by atoms with van der Waals surface area (Å²) in [5, 5.41) is 11.4. The molecule has 0 aromatic heterocycles. The predicted molar refractivity (Wildman–Crippen MR) is 107 cm³/mol. The third-order valence-electron chi connectivity index (χ3n) is 3.90. The number of phenolic OH excluding ortho intramolecular Hbond substituents is 1. The summed E-state index contributed by atoms with van der Waals surface area (Å²) in [5.74, 6) is 0.0998. The monoisotopic (exact) mass is 514 g/mol. The molecule has 1 nitrogen and oxygen atoms in total. The molecule has 8 heteroatoms. The van der Waals surface area contributed by atoms with Crippen LogP contribution in [0.15, 0.2) is 30.3 Å². The Morgan fingerprint density at radius 1 is 1.00 bits per heavy atom. The van der Waals surface area contributed by atoms with Gasteiger partial charge in [0.15, 0.2) is 0 Å². The molecule has 0 aliphatic rings. The van der Waals surface area contributed by atoms with Gasteiger partial charge in [-0.25, -0.2) is 0 Å². The van der Waals surface area contributed by atoms with Gasteiger partial charge < -0.3 is 5.11 Å². The van der Waals surface area contributed by atoms with Gasteiger partial charge in [0, 0.05) is 10.9 Å². The van der Waals surface area contributed by atoms with Crippen molar-refractivity contribution in [3.05, 3.63) is 52.6 Å². The van der Waals surface area contributed by atoms with Crippen molar-refractivity contribution in [2.45, 2.75) is 46.2 Å². The molecule has 0 radical (unpaired) electrons. The molecule has 2 aromatic carbocycles. The molecule has 2 rings (SSSR count). The average molecular weight is 516 g/mol. The minimum absolute atomic E-state index is 0.0998. The summed E-state index contributed by atoms with van der Waals surface area (Å²) in [5.41, 5.74) is 1.36. The van der Waals surface area contributed by atoms with Gasteiger partial charge in [0.1, 0.15) is 5.75 Å². The quantitative estimate of drug-likeness (QED) is 0.463. The van der Waals surface area contributed by atoms with E-state index < -0.39 is 32.6 Å². The van der Waals surface area contributed by atoms with Crippen molar-refractivity contribution >= 4 is 36.2 Å². The van der Waals surface area contributed by atoms with E-state index in [0.717, 1.165) is 17.2 Å². The van der Waals surface area contributed by atoms with Crippen LogP contribution in [0.5, 0.6) is 5.75 Å². The van der Waals surface area contributed by atoms with Crippen LogP contribution in [-0.4, -0.2) is 5.11 Å². The van der Waals surface area contributed by atoms with Crippen molar-refractivity contribution in [1.82, 2.24) is 0 Å². The molecule has 1 atom stereocenters. The standard InChI is InChI=1S/C19H22F3OP.2ClH.Zr/c1-11-9-14(18(3,4)5)16(23)15(10-11)24-17-12(2)7-6-8-13(17)19(20,21)22;;;/h6-10,23-24H,1-5H3;2*1H;/q;;;+2/p-2. The van der Waals surface area contributed by atoms with E-state index in [2.05, 4.69) is 0 Å². The topological polar surface area (TPSA) is 20.2 Å². The molecule has 0 aliphatic heterocycles. The summed E-state index contributed by atoms with van der Waals surface area (Å²) in [6.45, 7) is 9.50. The van der Waals surface area contributed by atoms with Crippen molar-refractivity contribution in [1.29, 1.82) is 0 Å². The summed E-state index contributed by atoms with van der Waals surface area (Å²) < 4.78 is 40.0. The Bertz CT molecular complexity index is 790. The normalized spacial score (nSPS) is 12.1. The molecule has 2 aromatic rings. The first-order valence-corrected chi connectivity index (χ1v) is 15.4. The first-order chi connectivity index (χ1) is 12.3. The molecule has 1 N–H and O–H groups in total. The number of benzene rings is 2. The maximum atomic E-state index is 13.3. The van der Waals surface area contributed by atoms with E-state index >= 15 is 0 Å². The van der Waals surface area contributed by atoms with Crippen LogP contribution in [0.3, 0.4) is 0 Å². The number of aryl methyl sites for hydroxylation is 2. The third kappa shape index (κ3) is 7.03. The summed E-state index contributed by atoms with van der Waals surface area (Å²) in [6.07, 6.45) is -4.40. The summed E-state index contributed by atoms with van der Waals surface area (Å²) >= 11 is -0.826. The molecule has 0 saturated carbocycles. The van der Waals surface area contributed by atoms with E-state index in [-0.39, 0.29) is 25.0 Å². The molecule has 0 bridgehead atoms. The van der Waals surface area contributed by atoms with Gasteiger partial charge in [-0.3, -0.25) is 0 Å². The van der Waals surface area contributed by atoms with Gasteiger partial charge in [0.2, 0.25) is 0 Å². The average Bonchev–Trinajstić information content (AvgIpc) is 2.51. The number of aromatic hydroxyl groups is 1. The van der Waals surface area contributed by atoms with Crippen LogP contribution < -0.4 is 10.6 Å². The van der Waals surface area contributed by atoms with Gasteiger partial charge in [-0.2, -0.15) is 13.2 Å². The van der Waals surface area contributed by atoms with Crippen LogP contribution >= 0.6 is 25.6 Å². The van der Waals surface area contributed by atoms with E-state index in [9.17, 15) is 18.3 Å². The summed E-state index contributed by atoms with van der Waals surface area (Å²) in [7, 11) is 9.62. The molecule has 148 valence electrons. The Morgan fingerprint density at radius 2 is 1.56 bits per heavy atom. The van der Waals surface area contributed by atoms with Gasteiger partial charge in [0.25, 0.3) is 0 Å². The molecule has 0 heterocycles. The van der Waals surface area contributed by atoms with Gasteiger partial charge in [-0.05, 0) is 47.8 Å². The zero-order valence-corrected chi connectivity index (χ0v) is 20.7. The van der Waals surface area contributed by atoms with Crippen LogP contribution in [0.1, 0.15) is 43.0 Å². The third-order valence-corrected chi connectivity index (χ3v) is 5.46. The molecule has 1 unspecified atom stereocenters. The Hall–Kier alpha value is -0.0769. The van der Waals surface area contributed by atoms with Gasteiger partial charge in [0.05, 0.1) is 5.56 Å². The van der Waals surface area contributed by atoms with Crippen molar-refractivity contribution in [2.24, 2.45) is 0 Å². The number of alkyl halides is 3. The predicted octanol–water partition coefficient (Wildman–Crippen LogP) is 6.33. The molecule has 27 heavy (non-hydrogen) atoms. The zero-order chi connectivity index (χ0) is 21.0. The fourth-order valence-corrected chi connectivity index (χ4v) is 4.11. The van der Waals surface area contributed by atoms with Crippen molar-refractivity contribution in [2.75, 3.05) is 0 Å². The fraction of sp³-hybridized carbons (Fsp3) is 0.368. The van der Waals surface area contributed by atoms with E-state index in [0.29, 0.717) is 10.9 Å². The number of hydrogen-bond acceptors (Lipinski definition) is 1. The van der Waals surface area contributed by atoms with Crippen LogP contribution in [0.25, 0.3) is 0 Å². The zero-order valence-electron chi connectivity index (χ0n) is 15.7. The summed E-state index contributed by atoms with van der Waals surface area (Å²) in [4.78, 5) is 0. The van der Waals surface area contributed by atoms with E-state index in [4.69, 9.17) is 17.0 Å². The molecule has 0 amide bonds. The van der Waals surface area contributed by atoms with Crippen molar-refractivity contribution in [3.63, 3.8) is 0 Å². The number of phenols is 1. The second kappa shape index (κ2) is 10.1. The van der Waals surface area contributed by atoms with Crippen molar-refractivity contribution in [3.8, 4) is 5.75 Å². The number of rotatable bonds is 2. The molecule has 0 spiro atoms. The number of hydrogen-bond donors (Lipinski definition) is 1. The minimum atomic E-state index is -4.40. The molecular weight excluding hydrogens is 494 g/mol. The van der Waals surface area contributed by atoms with Crippen LogP contribution in [0, 0.1) is 13.8 Å². The Balaban J connectivity index is 0.00000114. The maximum absolute atomic E-state index is 13.3. The fourth-order valence-electron chi connectivity index (χ4n) is 2.65. The van der Waals surface area contributed by atoms with Crippen LogP contribution in [0.4, 0.5) is 13.2 Å². The Labute approximate surface area is 179 Å². The van der Waals surface area contributed by atoms with Crippen LogP contribution in [0.2, 0.25) is 0 Å². The molecule has 0 fully saturated rings. The second-order valence-corrected chi connectivity index (χ2v) is 12.2. The summed E-state index contributed by atoms with van der Waals surface area (Å²) in [6, 6.07) is 7.87. The SMILES string of the molecule is Cc1cc(Pc2c(C)cccc2C(F)(F)F)c(O)c(C(C)(C)C)c1.[Cl][Zr][Cl]. The van der Waals surface area contributed by atoms with Gasteiger partial charge in [-0.1, -0.05) is 47.6 Å². The van der Waals surface area contributed by atoms with E-state index in [1.165, 1.54) is 6.07 Å². The Kier molecular flexibility index (Phi) is 9.34. The molecule has 0 aliphatic carbocycles. The first-order valence-electron chi connectivity index (χ1n) is 8.07. The molecule has 0 saturated heterocycles. The van der Waals surface area contributed by atoms with E-state index in [1.807, 2.05) is 33.8 Å². The first kappa shape index (κ1) is 25.0. The van der Waals surface area contributed by atoms with Gasteiger partial charge in [-0.15, -0.1) is 0 Å². The van der Waals surface area contributed by atoms with Crippen LogP contribution in [-0.2, 0) is 32.4 Å².